The molecule has 0 bridgehead atoms. The van der Waals surface area contributed by atoms with Crippen molar-refractivity contribution in [3.8, 4) is 0 Å². The van der Waals surface area contributed by atoms with Crippen LogP contribution in [0, 0.1) is 6.92 Å². The zero-order chi connectivity index (χ0) is 16.1. The van der Waals surface area contributed by atoms with E-state index in [-0.39, 0.29) is 5.91 Å². The van der Waals surface area contributed by atoms with Crippen LogP contribution in [0.15, 0.2) is 53.0 Å². The molecule has 0 saturated heterocycles. The third-order valence-electron chi connectivity index (χ3n) is 2.97. The quantitative estimate of drug-likeness (QED) is 0.807. The minimum absolute atomic E-state index is 0.222. The van der Waals surface area contributed by atoms with E-state index in [0.717, 1.165) is 16.1 Å². The number of rotatable bonds is 4. The Morgan fingerprint density at radius 2 is 1.82 bits per heavy atom. The highest BCUT2D eigenvalue weighted by atomic mass is 79.9. The van der Waals surface area contributed by atoms with Crippen molar-refractivity contribution < 1.29 is 14.7 Å². The van der Waals surface area contributed by atoms with Crippen LogP contribution >= 0.6 is 15.9 Å². The summed E-state index contributed by atoms with van der Waals surface area (Å²) in [4.78, 5) is 22.8. The van der Waals surface area contributed by atoms with E-state index in [1.807, 2.05) is 19.1 Å². The first-order valence-corrected chi connectivity index (χ1v) is 7.33. The van der Waals surface area contributed by atoms with Gasteiger partial charge in [-0.05, 0) is 58.8 Å². The van der Waals surface area contributed by atoms with Gasteiger partial charge in [0.1, 0.15) is 0 Å². The molecule has 1 amide bonds. The Hall–Kier alpha value is -2.40. The Labute approximate surface area is 136 Å². The first-order chi connectivity index (χ1) is 10.5. The lowest BCUT2D eigenvalue weighted by Gasteiger charge is -2.09. The average Bonchev–Trinajstić information content (AvgIpc) is 2.48. The van der Waals surface area contributed by atoms with E-state index in [1.165, 1.54) is 6.08 Å². The zero-order valence-electron chi connectivity index (χ0n) is 11.8. The Morgan fingerprint density at radius 1 is 1.14 bits per heavy atom. The van der Waals surface area contributed by atoms with Gasteiger partial charge in [0, 0.05) is 16.1 Å². The number of anilines is 1. The molecular formula is C17H14BrNO3. The number of hydrogen-bond donors (Lipinski definition) is 2. The first kappa shape index (κ1) is 16.0. The summed E-state index contributed by atoms with van der Waals surface area (Å²) in [6.45, 7) is 1.95. The Morgan fingerprint density at radius 3 is 2.45 bits per heavy atom. The summed E-state index contributed by atoms with van der Waals surface area (Å²) in [5, 5.41) is 11.5. The van der Waals surface area contributed by atoms with Gasteiger partial charge in [0.15, 0.2) is 0 Å². The summed E-state index contributed by atoms with van der Waals surface area (Å²) in [5.74, 6) is -1.24. The van der Waals surface area contributed by atoms with E-state index in [2.05, 4.69) is 21.2 Å². The second-order valence-corrected chi connectivity index (χ2v) is 5.59. The number of hydrogen-bond acceptors (Lipinski definition) is 2. The van der Waals surface area contributed by atoms with Crippen molar-refractivity contribution in [2.45, 2.75) is 6.92 Å². The van der Waals surface area contributed by atoms with Crippen LogP contribution in [0.2, 0.25) is 0 Å². The molecule has 2 N–H and O–H groups in total. The number of carbonyl (C=O) groups is 2. The lowest BCUT2D eigenvalue weighted by atomic mass is 10.1. The average molecular weight is 360 g/mol. The Bertz CT molecular complexity index is 736. The largest absolute Gasteiger partial charge is 0.478 e. The van der Waals surface area contributed by atoms with Gasteiger partial charge in [0.05, 0.1) is 5.69 Å². The molecule has 0 heterocycles. The fraction of sp³-hybridized carbons (Fsp3) is 0.0588. The fourth-order valence-electron chi connectivity index (χ4n) is 1.81. The molecular weight excluding hydrogens is 346 g/mol. The normalized spacial score (nSPS) is 10.6. The molecule has 5 heteroatoms. The highest BCUT2D eigenvalue weighted by Crippen LogP contribution is 2.25. The molecule has 0 aliphatic heterocycles. The van der Waals surface area contributed by atoms with Crippen LogP contribution < -0.4 is 5.32 Å². The topological polar surface area (TPSA) is 66.4 Å². The number of carboxylic acids is 1. The molecule has 2 rings (SSSR count). The highest BCUT2D eigenvalue weighted by Gasteiger charge is 2.08. The van der Waals surface area contributed by atoms with Crippen molar-refractivity contribution in [1.29, 1.82) is 0 Å². The number of carboxylic acid groups (broad SMARTS) is 1. The number of amides is 1. The van der Waals surface area contributed by atoms with Crippen LogP contribution in [0.4, 0.5) is 5.69 Å². The third-order valence-corrected chi connectivity index (χ3v) is 3.66. The van der Waals surface area contributed by atoms with Crippen LogP contribution in [0.3, 0.4) is 0 Å². The van der Waals surface area contributed by atoms with Crippen molar-refractivity contribution in [3.63, 3.8) is 0 Å². The van der Waals surface area contributed by atoms with E-state index in [0.29, 0.717) is 16.8 Å². The van der Waals surface area contributed by atoms with Crippen LogP contribution in [-0.2, 0) is 4.79 Å². The molecule has 0 atom stereocenters. The minimum Gasteiger partial charge on any atom is -0.478 e. The predicted molar refractivity (Wildman–Crippen MR) is 89.9 cm³/mol. The minimum atomic E-state index is -1.02. The van der Waals surface area contributed by atoms with Gasteiger partial charge >= 0.3 is 5.97 Å². The van der Waals surface area contributed by atoms with E-state index >= 15 is 0 Å². The van der Waals surface area contributed by atoms with Gasteiger partial charge in [0.25, 0.3) is 5.91 Å². The van der Waals surface area contributed by atoms with Gasteiger partial charge in [-0.1, -0.05) is 23.8 Å². The summed E-state index contributed by atoms with van der Waals surface area (Å²) in [6, 6.07) is 12.5. The second kappa shape index (κ2) is 7.04. The summed E-state index contributed by atoms with van der Waals surface area (Å²) >= 11 is 3.37. The molecule has 4 nitrogen and oxygen atoms in total. The maximum atomic E-state index is 12.2. The smallest absolute Gasteiger partial charge is 0.328 e. The molecule has 0 aliphatic rings. The molecule has 2 aromatic rings. The SMILES string of the molecule is Cc1ccc(C(=O)Nc2cc(/C=C/C(=O)O)ccc2Br)cc1. The van der Waals surface area contributed by atoms with Crippen LogP contribution in [0.5, 0.6) is 0 Å². The monoisotopic (exact) mass is 359 g/mol. The number of nitrogens with one attached hydrogen (secondary N) is 1. The maximum absolute atomic E-state index is 12.2. The Balaban J connectivity index is 2.21. The standard InChI is InChI=1S/C17H14BrNO3/c1-11-2-6-13(7-3-11)17(22)19-15-10-12(4-8-14(15)18)5-9-16(20)21/h2-10H,1H3,(H,19,22)(H,20,21)/b9-5+. The first-order valence-electron chi connectivity index (χ1n) is 6.54. The number of benzene rings is 2. The molecule has 0 fully saturated rings. The predicted octanol–water partition coefficient (Wildman–Crippen LogP) is 4.11. The van der Waals surface area contributed by atoms with E-state index in [4.69, 9.17) is 5.11 Å². The molecule has 22 heavy (non-hydrogen) atoms. The molecule has 0 spiro atoms. The summed E-state index contributed by atoms with van der Waals surface area (Å²) in [6.07, 6.45) is 2.52. The number of aryl methyl sites for hydroxylation is 1. The highest BCUT2D eigenvalue weighted by molar-refractivity contribution is 9.10. The zero-order valence-corrected chi connectivity index (χ0v) is 13.4. The molecule has 2 aromatic carbocycles. The molecule has 0 aromatic heterocycles. The molecule has 0 saturated carbocycles. The summed E-state index contributed by atoms with van der Waals surface area (Å²) < 4.78 is 0.723. The van der Waals surface area contributed by atoms with Gasteiger partial charge in [0.2, 0.25) is 0 Å². The van der Waals surface area contributed by atoms with Crippen LogP contribution in [0.25, 0.3) is 6.08 Å². The van der Waals surface area contributed by atoms with Gasteiger partial charge in [-0.15, -0.1) is 0 Å². The summed E-state index contributed by atoms with van der Waals surface area (Å²) in [7, 11) is 0. The number of carbonyl (C=O) groups excluding carboxylic acids is 1. The van der Waals surface area contributed by atoms with Crippen molar-refractivity contribution in [2.75, 3.05) is 5.32 Å². The molecule has 0 radical (unpaired) electrons. The number of halogens is 1. The lowest BCUT2D eigenvalue weighted by Crippen LogP contribution is -2.12. The summed E-state index contributed by atoms with van der Waals surface area (Å²) in [5.41, 5.74) is 2.91. The molecule has 112 valence electrons. The molecule has 0 aliphatic carbocycles. The second-order valence-electron chi connectivity index (χ2n) is 4.73. The van der Waals surface area contributed by atoms with Crippen LogP contribution in [-0.4, -0.2) is 17.0 Å². The fourth-order valence-corrected chi connectivity index (χ4v) is 2.16. The van der Waals surface area contributed by atoms with Crippen molar-refractivity contribution >= 4 is 39.6 Å². The maximum Gasteiger partial charge on any atom is 0.328 e. The van der Waals surface area contributed by atoms with Crippen molar-refractivity contribution in [3.05, 3.63) is 69.7 Å². The Kier molecular flexibility index (Phi) is 5.12. The van der Waals surface area contributed by atoms with Crippen molar-refractivity contribution in [1.82, 2.24) is 0 Å². The van der Waals surface area contributed by atoms with E-state index in [1.54, 1.807) is 30.3 Å². The van der Waals surface area contributed by atoms with Gasteiger partial charge in [-0.3, -0.25) is 4.79 Å². The third kappa shape index (κ3) is 4.30. The number of aliphatic carboxylic acids is 1. The lowest BCUT2D eigenvalue weighted by molar-refractivity contribution is -0.131. The van der Waals surface area contributed by atoms with E-state index < -0.39 is 5.97 Å². The van der Waals surface area contributed by atoms with Crippen LogP contribution in [0.1, 0.15) is 21.5 Å². The van der Waals surface area contributed by atoms with Gasteiger partial charge < -0.3 is 10.4 Å². The van der Waals surface area contributed by atoms with Crippen molar-refractivity contribution in [2.24, 2.45) is 0 Å². The van der Waals surface area contributed by atoms with Gasteiger partial charge in [-0.2, -0.15) is 0 Å². The van der Waals surface area contributed by atoms with E-state index in [9.17, 15) is 9.59 Å². The van der Waals surface area contributed by atoms with Gasteiger partial charge in [-0.25, -0.2) is 4.79 Å². The molecule has 0 unspecified atom stereocenters.